The van der Waals surface area contributed by atoms with Gasteiger partial charge in [-0.05, 0) is 42.5 Å². The van der Waals surface area contributed by atoms with Crippen LogP contribution in [0.4, 0.5) is 0 Å². The van der Waals surface area contributed by atoms with Crippen molar-refractivity contribution in [2.45, 2.75) is 25.0 Å². The molecule has 1 atom stereocenters. The van der Waals surface area contributed by atoms with Gasteiger partial charge in [0.05, 0.1) is 12.4 Å². The predicted octanol–water partition coefficient (Wildman–Crippen LogP) is 3.49. The number of piperidine rings is 1. The second kappa shape index (κ2) is 8.09. The molecule has 6 heteroatoms. The summed E-state index contributed by atoms with van der Waals surface area (Å²) in [5.74, 6) is -0.00743. The van der Waals surface area contributed by atoms with Gasteiger partial charge >= 0.3 is 0 Å². The number of hydrogen-bond donors (Lipinski definition) is 1. The van der Waals surface area contributed by atoms with E-state index in [1.807, 2.05) is 54.6 Å². The van der Waals surface area contributed by atoms with Gasteiger partial charge in [-0.1, -0.05) is 54.1 Å². The van der Waals surface area contributed by atoms with E-state index >= 15 is 0 Å². The molecule has 26 heavy (non-hydrogen) atoms. The number of hydrogen-bond acceptors (Lipinski definition) is 3. The maximum absolute atomic E-state index is 12.9. The highest BCUT2D eigenvalue weighted by Crippen LogP contribution is 2.35. The van der Waals surface area contributed by atoms with Gasteiger partial charge in [0.25, 0.3) is 0 Å². The van der Waals surface area contributed by atoms with Crippen LogP contribution in [0.2, 0.25) is 5.02 Å². The average Bonchev–Trinajstić information content (AvgIpc) is 2.62. The molecule has 140 valence electrons. The minimum atomic E-state index is -3.42. The first-order chi connectivity index (χ1) is 12.4. The zero-order valence-electron chi connectivity index (χ0n) is 14.6. The fraction of sp³-hybridized carbons (Fsp3) is 0.400. The van der Waals surface area contributed by atoms with Gasteiger partial charge < -0.3 is 5.11 Å². The number of benzene rings is 2. The van der Waals surface area contributed by atoms with Crippen LogP contribution in [-0.2, 0) is 22.2 Å². The second-order valence-electron chi connectivity index (χ2n) is 7.14. The minimum absolute atomic E-state index is 0.00743. The number of aliphatic hydroxyl groups is 1. The molecular weight excluding hydrogens is 370 g/mol. The molecule has 0 saturated carbocycles. The summed E-state index contributed by atoms with van der Waals surface area (Å²) in [5.41, 5.74) is 1.34. The summed E-state index contributed by atoms with van der Waals surface area (Å²) in [4.78, 5) is 0. The van der Waals surface area contributed by atoms with Crippen LogP contribution in [0, 0.1) is 5.41 Å². The number of rotatable bonds is 6. The predicted molar refractivity (Wildman–Crippen MR) is 105 cm³/mol. The van der Waals surface area contributed by atoms with Crippen molar-refractivity contribution in [2.24, 2.45) is 5.41 Å². The van der Waals surface area contributed by atoms with Crippen molar-refractivity contribution in [2.75, 3.05) is 19.7 Å². The SMILES string of the molecule is O=S(=O)(Cc1ccccc1)N1CCC[C@](CO)(Cc2cccc(Cl)c2)C1. The highest BCUT2D eigenvalue weighted by atomic mass is 35.5. The Morgan fingerprint density at radius 3 is 2.50 bits per heavy atom. The Kier molecular flexibility index (Phi) is 6.03. The monoisotopic (exact) mass is 393 g/mol. The van der Waals surface area contributed by atoms with E-state index in [0.717, 1.165) is 24.0 Å². The van der Waals surface area contributed by atoms with E-state index in [1.54, 1.807) is 4.31 Å². The fourth-order valence-corrected chi connectivity index (χ4v) is 5.57. The molecular formula is C20H24ClNO3S. The van der Waals surface area contributed by atoms with Gasteiger partial charge in [-0.25, -0.2) is 12.7 Å². The first-order valence-corrected chi connectivity index (χ1v) is 10.8. The van der Waals surface area contributed by atoms with E-state index in [2.05, 4.69) is 0 Å². The fourth-order valence-electron chi connectivity index (χ4n) is 3.69. The van der Waals surface area contributed by atoms with Crippen LogP contribution in [0.1, 0.15) is 24.0 Å². The van der Waals surface area contributed by atoms with E-state index in [4.69, 9.17) is 11.6 Å². The molecule has 1 aliphatic heterocycles. The minimum Gasteiger partial charge on any atom is -0.396 e. The summed E-state index contributed by atoms with van der Waals surface area (Å²) in [7, 11) is -3.42. The summed E-state index contributed by atoms with van der Waals surface area (Å²) in [6.07, 6.45) is 2.16. The van der Waals surface area contributed by atoms with Crippen LogP contribution in [0.3, 0.4) is 0 Å². The molecule has 1 fully saturated rings. The highest BCUT2D eigenvalue weighted by Gasteiger charge is 2.39. The molecule has 0 radical (unpaired) electrons. The second-order valence-corrected chi connectivity index (χ2v) is 9.55. The third kappa shape index (κ3) is 4.65. The first-order valence-electron chi connectivity index (χ1n) is 8.80. The summed E-state index contributed by atoms with van der Waals surface area (Å²) in [6.45, 7) is 0.800. The van der Waals surface area contributed by atoms with Gasteiger partial charge in [-0.2, -0.15) is 0 Å². The van der Waals surface area contributed by atoms with Crippen LogP contribution in [0.5, 0.6) is 0 Å². The zero-order valence-corrected chi connectivity index (χ0v) is 16.2. The molecule has 0 spiro atoms. The largest absolute Gasteiger partial charge is 0.396 e. The van der Waals surface area contributed by atoms with Gasteiger partial charge in [0.1, 0.15) is 0 Å². The molecule has 1 aliphatic rings. The lowest BCUT2D eigenvalue weighted by Crippen LogP contribution is -2.49. The third-order valence-electron chi connectivity index (χ3n) is 5.02. The molecule has 1 heterocycles. The molecule has 0 bridgehead atoms. The van der Waals surface area contributed by atoms with E-state index in [1.165, 1.54) is 0 Å². The molecule has 3 rings (SSSR count). The van der Waals surface area contributed by atoms with Crippen LogP contribution in [0.25, 0.3) is 0 Å². The number of halogens is 1. The number of aliphatic hydroxyl groups excluding tert-OH is 1. The van der Waals surface area contributed by atoms with Crippen molar-refractivity contribution < 1.29 is 13.5 Å². The van der Waals surface area contributed by atoms with Gasteiger partial charge in [0.2, 0.25) is 10.0 Å². The maximum Gasteiger partial charge on any atom is 0.218 e. The quantitative estimate of drug-likeness (QED) is 0.817. The molecule has 0 amide bonds. The van der Waals surface area contributed by atoms with Crippen molar-refractivity contribution in [3.63, 3.8) is 0 Å². The molecule has 1 saturated heterocycles. The van der Waals surface area contributed by atoms with Crippen LogP contribution >= 0.6 is 11.6 Å². The van der Waals surface area contributed by atoms with Crippen LogP contribution in [-0.4, -0.2) is 37.5 Å². The van der Waals surface area contributed by atoms with Gasteiger partial charge in [0, 0.05) is 23.5 Å². The molecule has 4 nitrogen and oxygen atoms in total. The lowest BCUT2D eigenvalue weighted by atomic mass is 9.76. The first kappa shape index (κ1) is 19.4. The Bertz CT molecular complexity index is 841. The Morgan fingerprint density at radius 2 is 1.81 bits per heavy atom. The summed E-state index contributed by atoms with van der Waals surface area (Å²) < 4.78 is 27.3. The van der Waals surface area contributed by atoms with Crippen molar-refractivity contribution in [1.29, 1.82) is 0 Å². The Morgan fingerprint density at radius 1 is 1.08 bits per heavy atom. The van der Waals surface area contributed by atoms with Crippen molar-refractivity contribution in [3.8, 4) is 0 Å². The maximum atomic E-state index is 12.9. The standard InChI is InChI=1S/C20H24ClNO3S/c21-19-9-4-8-18(12-19)13-20(16-23)10-5-11-22(15-20)26(24,25)14-17-6-2-1-3-7-17/h1-4,6-9,12,23H,5,10-11,13-16H2/t20-/m0/s1. The van der Waals surface area contributed by atoms with Gasteiger partial charge in [0.15, 0.2) is 0 Å². The topological polar surface area (TPSA) is 57.6 Å². The van der Waals surface area contributed by atoms with E-state index in [-0.39, 0.29) is 12.4 Å². The van der Waals surface area contributed by atoms with Crippen LogP contribution in [0.15, 0.2) is 54.6 Å². The molecule has 0 aliphatic carbocycles. The van der Waals surface area contributed by atoms with Crippen LogP contribution < -0.4 is 0 Å². The third-order valence-corrected chi connectivity index (χ3v) is 7.05. The summed E-state index contributed by atoms with van der Waals surface area (Å²) in [6, 6.07) is 16.8. The average molecular weight is 394 g/mol. The molecule has 2 aromatic carbocycles. The number of nitrogens with zero attached hydrogens (tertiary/aromatic N) is 1. The smallest absolute Gasteiger partial charge is 0.218 e. The summed E-state index contributed by atoms with van der Waals surface area (Å²) in [5, 5.41) is 10.7. The van der Waals surface area contributed by atoms with Crippen molar-refractivity contribution in [1.82, 2.24) is 4.31 Å². The number of sulfonamides is 1. The summed E-state index contributed by atoms with van der Waals surface area (Å²) >= 11 is 6.07. The normalized spacial score (nSPS) is 21.6. The Hall–Kier alpha value is -1.40. The van der Waals surface area contributed by atoms with Crippen molar-refractivity contribution in [3.05, 3.63) is 70.7 Å². The van der Waals surface area contributed by atoms with E-state index in [9.17, 15) is 13.5 Å². The van der Waals surface area contributed by atoms with Gasteiger partial charge in [-0.15, -0.1) is 0 Å². The van der Waals surface area contributed by atoms with E-state index in [0.29, 0.717) is 24.5 Å². The lowest BCUT2D eigenvalue weighted by Gasteiger charge is -2.41. The van der Waals surface area contributed by atoms with E-state index < -0.39 is 15.4 Å². The Labute approximate surface area is 160 Å². The van der Waals surface area contributed by atoms with Crippen molar-refractivity contribution >= 4 is 21.6 Å². The molecule has 0 unspecified atom stereocenters. The highest BCUT2D eigenvalue weighted by molar-refractivity contribution is 7.88. The molecule has 1 N–H and O–H groups in total. The molecule has 0 aromatic heterocycles. The Balaban J connectivity index is 1.78. The zero-order chi connectivity index (χ0) is 18.6. The lowest BCUT2D eigenvalue weighted by molar-refractivity contribution is 0.0644. The van der Waals surface area contributed by atoms with Gasteiger partial charge in [-0.3, -0.25) is 0 Å². The molecule has 2 aromatic rings.